The van der Waals surface area contributed by atoms with Gasteiger partial charge >= 0.3 is 0 Å². The Morgan fingerprint density at radius 2 is 2.37 bits per heavy atom. The van der Waals surface area contributed by atoms with Crippen LogP contribution in [-0.2, 0) is 16.1 Å². The molecule has 3 nitrogen and oxygen atoms in total. The van der Waals surface area contributed by atoms with Crippen LogP contribution in [-0.4, -0.2) is 31.0 Å². The number of benzene rings is 1. The van der Waals surface area contributed by atoms with E-state index in [1.54, 1.807) is 12.1 Å². The predicted molar refractivity (Wildman–Crippen MR) is 69.0 cm³/mol. The third-order valence-corrected chi connectivity index (χ3v) is 2.86. The minimum absolute atomic E-state index is 0.0148. The van der Waals surface area contributed by atoms with E-state index in [9.17, 15) is 4.39 Å². The number of rotatable bonds is 4. The van der Waals surface area contributed by atoms with Crippen molar-refractivity contribution in [3.05, 3.63) is 35.1 Å². The Morgan fingerprint density at radius 1 is 1.47 bits per heavy atom. The zero-order valence-corrected chi connectivity index (χ0v) is 10.7. The molecule has 102 valence electrons. The lowest BCUT2D eigenvalue weighted by atomic mass is 10.1. The molecule has 0 amide bonds. The van der Waals surface area contributed by atoms with Crippen molar-refractivity contribution in [2.75, 3.05) is 19.8 Å². The van der Waals surface area contributed by atoms with Crippen molar-refractivity contribution in [1.29, 1.82) is 0 Å². The molecule has 0 bridgehead atoms. The van der Waals surface area contributed by atoms with Gasteiger partial charge in [-0.15, -0.1) is 0 Å². The van der Waals surface area contributed by atoms with E-state index in [1.807, 2.05) is 0 Å². The molecule has 0 spiro atoms. The smallest absolute Gasteiger partial charge is 0.138 e. The van der Waals surface area contributed by atoms with Gasteiger partial charge in [0, 0.05) is 13.0 Å². The molecule has 1 atom stereocenters. The van der Waals surface area contributed by atoms with Gasteiger partial charge in [0.25, 0.3) is 0 Å². The first-order valence-corrected chi connectivity index (χ1v) is 6.37. The van der Waals surface area contributed by atoms with E-state index < -0.39 is 0 Å². The van der Waals surface area contributed by atoms with Gasteiger partial charge in [-0.1, -0.05) is 17.9 Å². The molecule has 4 heteroatoms. The molecule has 1 aromatic carbocycles. The molecule has 2 rings (SSSR count). The third-order valence-electron chi connectivity index (χ3n) is 2.86. The number of hydrogen-bond acceptors (Lipinski definition) is 3. The summed E-state index contributed by atoms with van der Waals surface area (Å²) in [6, 6.07) is 4.78. The second-order valence-electron chi connectivity index (χ2n) is 4.39. The SMILES string of the molecule is OCCC#Cc1cc(COC2CCOC2)ccc1F. The van der Waals surface area contributed by atoms with Gasteiger partial charge in [-0.3, -0.25) is 0 Å². The fourth-order valence-corrected chi connectivity index (χ4v) is 1.83. The average Bonchev–Trinajstić information content (AvgIpc) is 2.93. The molecular formula is C15H17FO3. The summed E-state index contributed by atoms with van der Waals surface area (Å²) in [6.07, 6.45) is 1.39. The highest BCUT2D eigenvalue weighted by Gasteiger charge is 2.15. The molecule has 1 aliphatic heterocycles. The molecule has 1 unspecified atom stereocenters. The third kappa shape index (κ3) is 4.32. The van der Waals surface area contributed by atoms with E-state index in [0.717, 1.165) is 18.6 Å². The zero-order chi connectivity index (χ0) is 13.5. The molecular weight excluding hydrogens is 247 g/mol. The van der Waals surface area contributed by atoms with Crippen molar-refractivity contribution in [1.82, 2.24) is 0 Å². The lowest BCUT2D eigenvalue weighted by Gasteiger charge is -2.10. The summed E-state index contributed by atoms with van der Waals surface area (Å²) < 4.78 is 24.4. The number of aliphatic hydroxyl groups excluding tert-OH is 1. The summed E-state index contributed by atoms with van der Waals surface area (Å²) in [4.78, 5) is 0. The van der Waals surface area contributed by atoms with Crippen LogP contribution in [0.2, 0.25) is 0 Å². The predicted octanol–water partition coefficient (Wildman–Crippen LogP) is 1.87. The standard InChI is InChI=1S/C15H17FO3/c16-15-5-4-12(9-13(15)3-1-2-7-17)10-19-14-6-8-18-11-14/h4-5,9,14,17H,2,6-8,10-11H2. The van der Waals surface area contributed by atoms with Crippen LogP contribution in [0.3, 0.4) is 0 Å². The maximum absolute atomic E-state index is 13.5. The normalized spacial score (nSPS) is 18.1. The molecule has 1 aromatic rings. The lowest BCUT2D eigenvalue weighted by molar-refractivity contribution is 0.0317. The van der Waals surface area contributed by atoms with Crippen molar-refractivity contribution < 1.29 is 19.0 Å². The highest BCUT2D eigenvalue weighted by molar-refractivity contribution is 5.38. The molecule has 0 radical (unpaired) electrons. The fourth-order valence-electron chi connectivity index (χ4n) is 1.83. The Bertz CT molecular complexity index is 470. The van der Waals surface area contributed by atoms with Crippen molar-refractivity contribution in [2.24, 2.45) is 0 Å². The van der Waals surface area contributed by atoms with E-state index >= 15 is 0 Å². The van der Waals surface area contributed by atoms with Gasteiger partial charge in [-0.05, 0) is 24.1 Å². The van der Waals surface area contributed by atoms with Crippen molar-refractivity contribution in [3.8, 4) is 11.8 Å². The summed E-state index contributed by atoms with van der Waals surface area (Å²) in [5.74, 6) is 5.08. The van der Waals surface area contributed by atoms with Crippen LogP contribution in [0.1, 0.15) is 24.0 Å². The Labute approximate surface area is 112 Å². The monoisotopic (exact) mass is 264 g/mol. The van der Waals surface area contributed by atoms with Gasteiger partial charge in [0.15, 0.2) is 0 Å². The van der Waals surface area contributed by atoms with E-state index in [0.29, 0.717) is 25.2 Å². The number of aliphatic hydroxyl groups is 1. The second-order valence-corrected chi connectivity index (χ2v) is 4.39. The van der Waals surface area contributed by atoms with E-state index in [1.165, 1.54) is 6.07 Å². The van der Waals surface area contributed by atoms with Crippen LogP contribution in [0.25, 0.3) is 0 Å². The highest BCUT2D eigenvalue weighted by atomic mass is 19.1. The molecule has 1 fully saturated rings. The van der Waals surface area contributed by atoms with Crippen molar-refractivity contribution >= 4 is 0 Å². The highest BCUT2D eigenvalue weighted by Crippen LogP contribution is 2.14. The Hall–Kier alpha value is -1.41. The Balaban J connectivity index is 1.97. The van der Waals surface area contributed by atoms with Gasteiger partial charge < -0.3 is 14.6 Å². The lowest BCUT2D eigenvalue weighted by Crippen LogP contribution is -2.12. The van der Waals surface area contributed by atoms with E-state index in [2.05, 4.69) is 11.8 Å². The second kappa shape index (κ2) is 7.25. The quantitative estimate of drug-likeness (QED) is 0.844. The van der Waals surface area contributed by atoms with Gasteiger partial charge in [-0.25, -0.2) is 4.39 Å². The molecule has 0 aliphatic carbocycles. The van der Waals surface area contributed by atoms with Crippen LogP contribution in [0, 0.1) is 17.7 Å². The Kier molecular flexibility index (Phi) is 5.34. The fraction of sp³-hybridized carbons (Fsp3) is 0.467. The van der Waals surface area contributed by atoms with Gasteiger partial charge in [-0.2, -0.15) is 0 Å². The maximum Gasteiger partial charge on any atom is 0.138 e. The topological polar surface area (TPSA) is 38.7 Å². The molecule has 1 saturated heterocycles. The summed E-state index contributed by atoms with van der Waals surface area (Å²) in [6.45, 7) is 1.79. The number of halogens is 1. The Morgan fingerprint density at radius 3 is 3.11 bits per heavy atom. The molecule has 0 aromatic heterocycles. The largest absolute Gasteiger partial charge is 0.395 e. The van der Waals surface area contributed by atoms with Crippen LogP contribution < -0.4 is 0 Å². The molecule has 0 saturated carbocycles. The number of ether oxygens (including phenoxy) is 2. The first kappa shape index (κ1) is 14.0. The summed E-state index contributed by atoms with van der Waals surface area (Å²) in [5, 5.41) is 8.65. The molecule has 1 aliphatic rings. The van der Waals surface area contributed by atoms with Crippen LogP contribution in [0.5, 0.6) is 0 Å². The molecule has 1 heterocycles. The summed E-state index contributed by atoms with van der Waals surface area (Å²) >= 11 is 0. The van der Waals surface area contributed by atoms with E-state index in [-0.39, 0.29) is 18.5 Å². The summed E-state index contributed by atoms with van der Waals surface area (Å²) in [7, 11) is 0. The van der Waals surface area contributed by atoms with Gasteiger partial charge in [0.1, 0.15) is 5.82 Å². The van der Waals surface area contributed by atoms with Crippen LogP contribution in [0.15, 0.2) is 18.2 Å². The van der Waals surface area contributed by atoms with Crippen molar-refractivity contribution in [3.63, 3.8) is 0 Å². The first-order chi connectivity index (χ1) is 9.29. The first-order valence-electron chi connectivity index (χ1n) is 6.37. The minimum atomic E-state index is -0.349. The minimum Gasteiger partial charge on any atom is -0.395 e. The van der Waals surface area contributed by atoms with Gasteiger partial charge in [0.05, 0.1) is 31.5 Å². The number of hydrogen-bond donors (Lipinski definition) is 1. The maximum atomic E-state index is 13.5. The van der Waals surface area contributed by atoms with E-state index in [4.69, 9.17) is 14.6 Å². The van der Waals surface area contributed by atoms with Gasteiger partial charge in [0.2, 0.25) is 0 Å². The average molecular weight is 264 g/mol. The van der Waals surface area contributed by atoms with Crippen LogP contribution >= 0.6 is 0 Å². The zero-order valence-electron chi connectivity index (χ0n) is 10.7. The van der Waals surface area contributed by atoms with Crippen LogP contribution in [0.4, 0.5) is 4.39 Å². The molecule has 19 heavy (non-hydrogen) atoms. The van der Waals surface area contributed by atoms with Crippen molar-refractivity contribution in [2.45, 2.75) is 25.6 Å². The molecule has 1 N–H and O–H groups in total. The summed E-state index contributed by atoms with van der Waals surface area (Å²) in [5.41, 5.74) is 1.24.